The van der Waals surface area contributed by atoms with Gasteiger partial charge >= 0.3 is 0 Å². The summed E-state index contributed by atoms with van der Waals surface area (Å²) in [6, 6.07) is 7.01. The summed E-state index contributed by atoms with van der Waals surface area (Å²) in [5.74, 6) is 0. The van der Waals surface area contributed by atoms with Crippen molar-refractivity contribution < 1.29 is 8.42 Å². The third-order valence-electron chi connectivity index (χ3n) is 3.10. The van der Waals surface area contributed by atoms with Crippen molar-refractivity contribution in [3.05, 3.63) is 24.3 Å². The summed E-state index contributed by atoms with van der Waals surface area (Å²) < 4.78 is 26.4. The highest BCUT2D eigenvalue weighted by Crippen LogP contribution is 2.23. The van der Waals surface area contributed by atoms with E-state index in [1.165, 1.54) is 16.1 Å². The van der Waals surface area contributed by atoms with E-state index in [-0.39, 0.29) is 6.04 Å². The van der Waals surface area contributed by atoms with E-state index in [1.807, 2.05) is 12.3 Å². The number of benzene rings is 1. The maximum Gasteiger partial charge on any atom is 0.243 e. The summed E-state index contributed by atoms with van der Waals surface area (Å²) in [5, 5.41) is 0. The van der Waals surface area contributed by atoms with Crippen molar-refractivity contribution in [1.29, 1.82) is 0 Å². The van der Waals surface area contributed by atoms with Gasteiger partial charge in [-0.05, 0) is 37.3 Å². The Morgan fingerprint density at radius 1 is 1.44 bits per heavy atom. The molecular weight excluding hydrogens is 268 g/mol. The highest BCUT2D eigenvalue weighted by Gasteiger charge is 2.28. The van der Waals surface area contributed by atoms with E-state index in [9.17, 15) is 8.42 Å². The Morgan fingerprint density at radius 2 is 2.22 bits per heavy atom. The average molecular weight is 286 g/mol. The van der Waals surface area contributed by atoms with Crippen LogP contribution >= 0.6 is 11.8 Å². The second-order valence-electron chi connectivity index (χ2n) is 4.44. The molecule has 1 atom stereocenters. The monoisotopic (exact) mass is 286 g/mol. The van der Waals surface area contributed by atoms with Gasteiger partial charge in [-0.15, -0.1) is 11.8 Å². The summed E-state index contributed by atoms with van der Waals surface area (Å²) in [4.78, 5) is 1.32. The molecule has 2 rings (SSSR count). The second kappa shape index (κ2) is 5.61. The smallest absolute Gasteiger partial charge is 0.243 e. The van der Waals surface area contributed by atoms with Gasteiger partial charge in [0, 0.05) is 24.0 Å². The topological polar surface area (TPSA) is 63.4 Å². The number of rotatable bonds is 3. The standard InChI is InChI=1S/C12H18N2O2S2/c1-17-11-5-2-6-12(8-11)18(15,16)14-7-3-4-10(13)9-14/h2,5-6,8,10H,3-4,7,9,13H2,1H3/t10-/m1/s1. The van der Waals surface area contributed by atoms with Crippen LogP contribution in [0.2, 0.25) is 0 Å². The van der Waals surface area contributed by atoms with Crippen molar-refractivity contribution in [1.82, 2.24) is 4.31 Å². The van der Waals surface area contributed by atoms with E-state index < -0.39 is 10.0 Å². The molecule has 0 bridgehead atoms. The molecule has 0 aromatic heterocycles. The van der Waals surface area contributed by atoms with Gasteiger partial charge in [0.05, 0.1) is 4.90 Å². The van der Waals surface area contributed by atoms with Gasteiger partial charge in [0.1, 0.15) is 0 Å². The predicted molar refractivity (Wildman–Crippen MR) is 74.2 cm³/mol. The van der Waals surface area contributed by atoms with E-state index in [2.05, 4.69) is 0 Å². The van der Waals surface area contributed by atoms with Crippen molar-refractivity contribution in [3.8, 4) is 0 Å². The Morgan fingerprint density at radius 3 is 2.89 bits per heavy atom. The summed E-state index contributed by atoms with van der Waals surface area (Å²) in [7, 11) is -3.39. The van der Waals surface area contributed by atoms with E-state index in [1.54, 1.807) is 18.2 Å². The van der Waals surface area contributed by atoms with Crippen LogP contribution in [0.1, 0.15) is 12.8 Å². The molecule has 0 amide bonds. The van der Waals surface area contributed by atoms with Crippen LogP contribution in [-0.4, -0.2) is 38.1 Å². The van der Waals surface area contributed by atoms with Gasteiger partial charge in [-0.2, -0.15) is 4.31 Å². The highest BCUT2D eigenvalue weighted by atomic mass is 32.2. The Kier molecular flexibility index (Phi) is 4.32. The molecule has 0 radical (unpaired) electrons. The van der Waals surface area contributed by atoms with E-state index in [0.29, 0.717) is 18.0 Å². The van der Waals surface area contributed by atoms with Crippen molar-refractivity contribution in [3.63, 3.8) is 0 Å². The molecule has 1 saturated heterocycles. The Bertz CT molecular complexity index is 517. The van der Waals surface area contributed by atoms with E-state index >= 15 is 0 Å². The van der Waals surface area contributed by atoms with Crippen LogP contribution in [0.5, 0.6) is 0 Å². The summed E-state index contributed by atoms with van der Waals surface area (Å²) in [6.45, 7) is 0.991. The number of nitrogens with two attached hydrogens (primary N) is 1. The highest BCUT2D eigenvalue weighted by molar-refractivity contribution is 7.98. The molecule has 0 aliphatic carbocycles. The van der Waals surface area contributed by atoms with Crippen molar-refractivity contribution in [2.45, 2.75) is 28.7 Å². The summed E-state index contributed by atoms with van der Waals surface area (Å²) >= 11 is 1.54. The lowest BCUT2D eigenvalue weighted by molar-refractivity contribution is 0.316. The van der Waals surface area contributed by atoms with Gasteiger partial charge in [0.15, 0.2) is 0 Å². The first-order chi connectivity index (χ1) is 8.54. The molecule has 1 heterocycles. The minimum absolute atomic E-state index is 0.0442. The lowest BCUT2D eigenvalue weighted by Crippen LogP contribution is -2.45. The first kappa shape index (κ1) is 13.9. The quantitative estimate of drug-likeness (QED) is 0.856. The van der Waals surface area contributed by atoms with Crippen LogP contribution in [0.15, 0.2) is 34.1 Å². The summed E-state index contributed by atoms with van der Waals surface area (Å²) in [6.07, 6.45) is 3.67. The minimum Gasteiger partial charge on any atom is -0.327 e. The molecule has 18 heavy (non-hydrogen) atoms. The number of sulfonamides is 1. The molecule has 1 fully saturated rings. The number of hydrogen-bond donors (Lipinski definition) is 1. The third-order valence-corrected chi connectivity index (χ3v) is 5.69. The number of hydrogen-bond acceptors (Lipinski definition) is 4. The number of piperidine rings is 1. The van der Waals surface area contributed by atoms with Crippen LogP contribution in [0, 0.1) is 0 Å². The zero-order chi connectivity index (χ0) is 13.2. The molecule has 1 aromatic carbocycles. The zero-order valence-electron chi connectivity index (χ0n) is 10.4. The SMILES string of the molecule is CSc1cccc(S(=O)(=O)N2CCC[C@@H](N)C2)c1. The molecule has 1 aliphatic heterocycles. The maximum absolute atomic E-state index is 12.5. The van der Waals surface area contributed by atoms with Gasteiger partial charge in [-0.25, -0.2) is 8.42 Å². The molecule has 0 saturated carbocycles. The first-order valence-corrected chi connectivity index (χ1v) is 8.60. The van der Waals surface area contributed by atoms with Gasteiger partial charge in [-0.3, -0.25) is 0 Å². The molecule has 1 aromatic rings. The van der Waals surface area contributed by atoms with Crippen LogP contribution in [0.4, 0.5) is 0 Å². The van der Waals surface area contributed by atoms with Gasteiger partial charge in [0.25, 0.3) is 0 Å². The first-order valence-electron chi connectivity index (χ1n) is 5.94. The van der Waals surface area contributed by atoms with Gasteiger partial charge in [0.2, 0.25) is 10.0 Å². The average Bonchev–Trinajstić information content (AvgIpc) is 2.39. The van der Waals surface area contributed by atoms with Crippen molar-refractivity contribution >= 4 is 21.8 Å². The van der Waals surface area contributed by atoms with Crippen LogP contribution in [0.25, 0.3) is 0 Å². The largest absolute Gasteiger partial charge is 0.327 e. The fourth-order valence-electron chi connectivity index (χ4n) is 2.10. The molecule has 4 nitrogen and oxygen atoms in total. The molecule has 2 N–H and O–H groups in total. The Hall–Kier alpha value is -0.560. The lowest BCUT2D eigenvalue weighted by atomic mass is 10.1. The van der Waals surface area contributed by atoms with Crippen LogP contribution in [0.3, 0.4) is 0 Å². The molecule has 0 spiro atoms. The van der Waals surface area contributed by atoms with E-state index in [4.69, 9.17) is 5.73 Å². The van der Waals surface area contributed by atoms with Crippen LogP contribution in [-0.2, 0) is 10.0 Å². The molecule has 1 aliphatic rings. The molecule has 6 heteroatoms. The van der Waals surface area contributed by atoms with Gasteiger partial charge < -0.3 is 5.73 Å². The predicted octanol–water partition coefficient (Wildman–Crippen LogP) is 1.52. The van der Waals surface area contributed by atoms with Crippen molar-refractivity contribution in [2.75, 3.05) is 19.3 Å². The molecule has 100 valence electrons. The fraction of sp³-hybridized carbons (Fsp3) is 0.500. The molecular formula is C12H18N2O2S2. The Balaban J connectivity index is 2.29. The molecule has 0 unspecified atom stereocenters. The Labute approximate surface area is 113 Å². The van der Waals surface area contributed by atoms with E-state index in [0.717, 1.165) is 17.7 Å². The number of thioether (sulfide) groups is 1. The zero-order valence-corrected chi connectivity index (χ0v) is 12.0. The lowest BCUT2D eigenvalue weighted by Gasteiger charge is -2.29. The van der Waals surface area contributed by atoms with Crippen molar-refractivity contribution in [2.24, 2.45) is 5.73 Å². The fourth-order valence-corrected chi connectivity index (χ4v) is 4.22. The minimum atomic E-state index is -3.39. The van der Waals surface area contributed by atoms with Gasteiger partial charge in [-0.1, -0.05) is 6.07 Å². The number of nitrogens with zero attached hydrogens (tertiary/aromatic N) is 1. The third kappa shape index (κ3) is 2.88. The normalized spacial score (nSPS) is 22.0. The second-order valence-corrected chi connectivity index (χ2v) is 7.26. The van der Waals surface area contributed by atoms with Crippen LogP contribution < -0.4 is 5.73 Å². The summed E-state index contributed by atoms with van der Waals surface area (Å²) in [5.41, 5.74) is 5.85. The maximum atomic E-state index is 12.5.